The minimum absolute atomic E-state index is 0.0226. The minimum Gasteiger partial charge on any atom is -0.481 e. The van der Waals surface area contributed by atoms with Gasteiger partial charge in [0.15, 0.2) is 0 Å². The first-order valence-corrected chi connectivity index (χ1v) is 16.8. The molecule has 0 spiro atoms. The fourth-order valence-corrected chi connectivity index (χ4v) is 6.60. The first kappa shape index (κ1) is 39.4. The number of nitrogens with one attached hydrogen (secondary N) is 2. The molecule has 7 nitrogen and oxygen atoms in total. The molecular formula is C34H56N2O5S. The van der Waals surface area contributed by atoms with Crippen molar-refractivity contribution in [2.75, 3.05) is 13.1 Å². The van der Waals surface area contributed by atoms with Gasteiger partial charge in [-0.15, -0.1) is 11.8 Å². The Balaban J connectivity index is 0.00000190. The number of hydrogen-bond acceptors (Lipinski definition) is 5. The molecule has 2 atom stereocenters. The summed E-state index contributed by atoms with van der Waals surface area (Å²) in [7, 11) is 0. The van der Waals surface area contributed by atoms with E-state index in [0.29, 0.717) is 6.54 Å². The maximum atomic E-state index is 13.4. The Hall–Kier alpha value is -2.61. The average molecular weight is 605 g/mol. The Bertz CT molecular complexity index is 928. The van der Waals surface area contributed by atoms with E-state index in [4.69, 9.17) is 9.90 Å². The summed E-state index contributed by atoms with van der Waals surface area (Å²) in [5, 5.41) is 15.8. The molecule has 0 aromatic carbocycles. The van der Waals surface area contributed by atoms with E-state index in [1.165, 1.54) is 11.1 Å². The van der Waals surface area contributed by atoms with Crippen molar-refractivity contribution in [1.29, 1.82) is 0 Å². The molecule has 0 saturated heterocycles. The van der Waals surface area contributed by atoms with Gasteiger partial charge in [-0.1, -0.05) is 88.5 Å². The van der Waals surface area contributed by atoms with E-state index in [0.717, 1.165) is 83.8 Å². The zero-order chi connectivity index (χ0) is 31.8. The third-order valence-electron chi connectivity index (χ3n) is 7.35. The number of carbonyl (C=O) groups excluding carboxylic acids is 3. The highest BCUT2D eigenvalue weighted by Crippen LogP contribution is 2.46. The van der Waals surface area contributed by atoms with Crippen LogP contribution in [0.15, 0.2) is 46.9 Å². The number of thioether (sulfide) groups is 1. The van der Waals surface area contributed by atoms with Crippen LogP contribution in [-0.2, 0) is 19.2 Å². The Labute approximate surface area is 259 Å². The highest BCUT2D eigenvalue weighted by molar-refractivity contribution is 8.02. The Kier molecular flexibility index (Phi) is 22.4. The van der Waals surface area contributed by atoms with E-state index in [2.05, 4.69) is 53.3 Å². The summed E-state index contributed by atoms with van der Waals surface area (Å²) in [6.45, 7) is 11.9. The van der Waals surface area contributed by atoms with Crippen LogP contribution in [0.5, 0.6) is 0 Å². The highest BCUT2D eigenvalue weighted by atomic mass is 32.2. The number of aliphatic carboxylic acids is 1. The van der Waals surface area contributed by atoms with Gasteiger partial charge in [-0.3, -0.25) is 14.4 Å². The Morgan fingerprint density at radius 1 is 1.05 bits per heavy atom. The molecule has 3 rings (SSSR count). The number of unbranched alkanes of at least 4 members (excludes halogenated alkanes) is 1. The van der Waals surface area contributed by atoms with Gasteiger partial charge < -0.3 is 20.5 Å². The molecular weight excluding hydrogens is 548 g/mol. The van der Waals surface area contributed by atoms with Gasteiger partial charge in [0.25, 0.3) is 5.97 Å². The summed E-state index contributed by atoms with van der Waals surface area (Å²) in [6, 6.07) is 0. The van der Waals surface area contributed by atoms with Crippen LogP contribution < -0.4 is 10.6 Å². The molecule has 2 aliphatic carbocycles. The molecule has 1 fully saturated rings. The first-order chi connectivity index (χ1) is 20.3. The van der Waals surface area contributed by atoms with Crippen LogP contribution in [0, 0.1) is 11.3 Å². The molecule has 1 heterocycles. The quantitative estimate of drug-likeness (QED) is 0.166. The number of aldehydes is 1. The molecule has 2 amide bonds. The van der Waals surface area contributed by atoms with E-state index < -0.39 is 5.97 Å². The number of amides is 2. The molecule has 3 N–H and O–H groups in total. The number of carboxylic acids is 1. The van der Waals surface area contributed by atoms with Crippen LogP contribution in [-0.4, -0.2) is 47.5 Å². The molecule has 0 radical (unpaired) electrons. The highest BCUT2D eigenvalue weighted by Gasteiger charge is 2.43. The number of carboxylic acid groups (broad SMARTS) is 1. The molecule has 1 saturated carbocycles. The van der Waals surface area contributed by atoms with Crippen LogP contribution in [0.2, 0.25) is 0 Å². The van der Waals surface area contributed by atoms with E-state index in [1.54, 1.807) is 11.8 Å². The van der Waals surface area contributed by atoms with E-state index in [9.17, 15) is 14.4 Å². The van der Waals surface area contributed by atoms with Crippen LogP contribution in [0.4, 0.5) is 0 Å². The molecule has 238 valence electrons. The lowest BCUT2D eigenvalue weighted by Crippen LogP contribution is -2.41. The van der Waals surface area contributed by atoms with E-state index in [-0.39, 0.29) is 34.9 Å². The van der Waals surface area contributed by atoms with Crippen molar-refractivity contribution in [2.24, 2.45) is 11.3 Å². The minimum atomic E-state index is -0.833. The maximum absolute atomic E-state index is 13.4. The van der Waals surface area contributed by atoms with Gasteiger partial charge in [0.1, 0.15) is 6.29 Å². The topological polar surface area (TPSA) is 113 Å². The monoisotopic (exact) mass is 604 g/mol. The second-order valence-corrected chi connectivity index (χ2v) is 11.4. The molecule has 2 unspecified atom stereocenters. The van der Waals surface area contributed by atoms with E-state index in [1.807, 2.05) is 27.7 Å². The second kappa shape index (κ2) is 23.9. The van der Waals surface area contributed by atoms with Crippen LogP contribution in [0.25, 0.3) is 0 Å². The number of hydrogen-bond donors (Lipinski definition) is 3. The maximum Gasteiger partial charge on any atom is 0.300 e. The predicted octanol–water partition coefficient (Wildman–Crippen LogP) is 7.54. The summed E-state index contributed by atoms with van der Waals surface area (Å²) in [6.07, 6.45) is 22.1. The normalized spacial score (nSPS) is 19.2. The zero-order valence-electron chi connectivity index (χ0n) is 26.9. The standard InChI is InChI=1S/C28H40N2O3S.C2H4O2.2C2H6/c1-22-10-9-11-23(15-14-22)28(16-5-6-17-28)27(33)30-18-7-4-12-24(26(32)29-19-20-31)25-13-3-2-8-21-34-25;1-2(3)4;2*1-2/h8-10,14-15,20-21,24-25H,2-7,11-13,16-19H2,1H3,(H,29,32)(H,30,33);1H3,(H,3,4);2*1-2H3. The lowest BCUT2D eigenvalue weighted by atomic mass is 9.75. The first-order valence-electron chi connectivity index (χ1n) is 15.8. The van der Waals surface area contributed by atoms with Crippen molar-refractivity contribution < 1.29 is 24.3 Å². The van der Waals surface area contributed by atoms with Gasteiger partial charge in [-0.05, 0) is 63.7 Å². The van der Waals surface area contributed by atoms with Crippen molar-refractivity contribution in [2.45, 2.75) is 117 Å². The molecule has 42 heavy (non-hydrogen) atoms. The SMILES string of the molecule is CC.CC.CC(=O)O.CC1=CC=C(C2(C(=O)NCCCCC(C(=O)NCC=O)C3CCCC=CS3)CCCC2)CC=C1. The lowest BCUT2D eigenvalue weighted by molar-refractivity contribution is -0.134. The van der Waals surface area contributed by atoms with Crippen molar-refractivity contribution in [3.63, 3.8) is 0 Å². The summed E-state index contributed by atoms with van der Waals surface area (Å²) in [4.78, 5) is 45.8. The summed E-state index contributed by atoms with van der Waals surface area (Å²) in [5.41, 5.74) is 2.09. The molecule has 0 bridgehead atoms. The van der Waals surface area contributed by atoms with Gasteiger partial charge in [0, 0.05) is 18.7 Å². The zero-order valence-corrected chi connectivity index (χ0v) is 27.7. The van der Waals surface area contributed by atoms with Gasteiger partial charge in [0.05, 0.1) is 17.9 Å². The largest absolute Gasteiger partial charge is 0.481 e. The Morgan fingerprint density at radius 2 is 1.71 bits per heavy atom. The van der Waals surface area contributed by atoms with Crippen molar-refractivity contribution in [3.05, 3.63) is 46.9 Å². The third kappa shape index (κ3) is 14.5. The molecule has 0 aromatic rings. The number of carbonyl (C=O) groups is 4. The van der Waals surface area contributed by atoms with E-state index >= 15 is 0 Å². The van der Waals surface area contributed by atoms with Crippen molar-refractivity contribution >= 4 is 35.8 Å². The van der Waals surface area contributed by atoms with Crippen molar-refractivity contribution in [3.8, 4) is 0 Å². The van der Waals surface area contributed by atoms with Crippen LogP contribution in [0.3, 0.4) is 0 Å². The van der Waals surface area contributed by atoms with Gasteiger partial charge in [-0.2, -0.15) is 0 Å². The Morgan fingerprint density at radius 3 is 2.36 bits per heavy atom. The predicted molar refractivity (Wildman–Crippen MR) is 176 cm³/mol. The smallest absolute Gasteiger partial charge is 0.300 e. The van der Waals surface area contributed by atoms with Gasteiger partial charge in [-0.25, -0.2) is 0 Å². The van der Waals surface area contributed by atoms with Crippen LogP contribution in [0.1, 0.15) is 112 Å². The molecule has 1 aliphatic heterocycles. The van der Waals surface area contributed by atoms with Gasteiger partial charge in [0.2, 0.25) is 11.8 Å². The second-order valence-electron chi connectivity index (χ2n) is 10.3. The van der Waals surface area contributed by atoms with Crippen molar-refractivity contribution in [1.82, 2.24) is 10.6 Å². The summed E-state index contributed by atoms with van der Waals surface area (Å²) >= 11 is 1.74. The number of rotatable bonds is 11. The third-order valence-corrected chi connectivity index (χ3v) is 8.62. The molecule has 3 aliphatic rings. The fraction of sp³-hybridized carbons (Fsp3) is 0.647. The molecule has 0 aromatic heterocycles. The fourth-order valence-electron chi connectivity index (χ4n) is 5.40. The summed E-state index contributed by atoms with van der Waals surface area (Å²) < 4.78 is 0. The lowest BCUT2D eigenvalue weighted by Gasteiger charge is -2.30. The average Bonchev–Trinajstić information content (AvgIpc) is 3.18. The van der Waals surface area contributed by atoms with Gasteiger partial charge >= 0.3 is 0 Å². The number of allylic oxidation sites excluding steroid dienone is 6. The molecule has 8 heteroatoms. The summed E-state index contributed by atoms with van der Waals surface area (Å²) in [5.74, 6) is -0.796. The van der Waals surface area contributed by atoms with Crippen LogP contribution >= 0.6 is 11.8 Å².